The molecule has 1 amide bonds. The molecule has 3 rings (SSSR count). The van der Waals surface area contributed by atoms with Gasteiger partial charge in [-0.2, -0.15) is 5.10 Å². The van der Waals surface area contributed by atoms with Crippen molar-refractivity contribution in [1.82, 2.24) is 15.1 Å². The van der Waals surface area contributed by atoms with Gasteiger partial charge >= 0.3 is 0 Å². The number of carbonyl (C=O) groups is 1. The third kappa shape index (κ3) is 4.91. The number of aryl methyl sites for hydroxylation is 1. The first-order valence-corrected chi connectivity index (χ1v) is 9.86. The Morgan fingerprint density at radius 3 is 2.50 bits per heavy atom. The van der Waals surface area contributed by atoms with Gasteiger partial charge in [0, 0.05) is 37.3 Å². The lowest BCUT2D eigenvalue weighted by molar-refractivity contribution is 0.0931. The Morgan fingerprint density at radius 1 is 1.25 bits per heavy atom. The predicted octanol–water partition coefficient (Wildman–Crippen LogP) is 2.45. The smallest absolute Gasteiger partial charge is 0.268 e. The second-order valence-corrected chi connectivity index (χ2v) is 7.29. The SMILES string of the molecule is CCn1ncc(N2CCC(NC(=O)c3ccc(OC(C)C)cc3)CC2)cc1=O. The van der Waals surface area contributed by atoms with Gasteiger partial charge in [-0.05, 0) is 57.9 Å². The molecule has 7 heteroatoms. The zero-order valence-electron chi connectivity index (χ0n) is 16.7. The van der Waals surface area contributed by atoms with Crippen LogP contribution in [0.2, 0.25) is 0 Å². The lowest BCUT2D eigenvalue weighted by Crippen LogP contribution is -2.45. The lowest BCUT2D eigenvalue weighted by atomic mass is 10.0. The second kappa shape index (κ2) is 8.91. The van der Waals surface area contributed by atoms with E-state index in [9.17, 15) is 9.59 Å². The molecule has 2 heterocycles. The summed E-state index contributed by atoms with van der Waals surface area (Å²) in [7, 11) is 0. The molecule has 0 saturated carbocycles. The van der Waals surface area contributed by atoms with Gasteiger partial charge in [0.05, 0.1) is 18.0 Å². The van der Waals surface area contributed by atoms with Crippen LogP contribution in [0.4, 0.5) is 5.69 Å². The molecule has 1 aromatic carbocycles. The average molecular weight is 384 g/mol. The predicted molar refractivity (Wildman–Crippen MR) is 109 cm³/mol. The minimum Gasteiger partial charge on any atom is -0.491 e. The van der Waals surface area contributed by atoms with Crippen LogP contribution in [0.3, 0.4) is 0 Å². The Morgan fingerprint density at radius 2 is 1.93 bits per heavy atom. The van der Waals surface area contributed by atoms with Crippen LogP contribution in [0.25, 0.3) is 0 Å². The molecule has 7 nitrogen and oxygen atoms in total. The highest BCUT2D eigenvalue weighted by Gasteiger charge is 2.22. The maximum absolute atomic E-state index is 12.5. The van der Waals surface area contributed by atoms with Gasteiger partial charge in [-0.25, -0.2) is 4.68 Å². The summed E-state index contributed by atoms with van der Waals surface area (Å²) in [5.74, 6) is 0.695. The maximum Gasteiger partial charge on any atom is 0.268 e. The quantitative estimate of drug-likeness (QED) is 0.828. The van der Waals surface area contributed by atoms with Crippen molar-refractivity contribution in [2.24, 2.45) is 0 Å². The third-order valence-electron chi connectivity index (χ3n) is 4.84. The molecule has 2 aromatic rings. The van der Waals surface area contributed by atoms with E-state index in [0.29, 0.717) is 12.1 Å². The van der Waals surface area contributed by atoms with Crippen molar-refractivity contribution in [1.29, 1.82) is 0 Å². The van der Waals surface area contributed by atoms with E-state index in [1.807, 2.05) is 32.9 Å². The average Bonchev–Trinajstić information content (AvgIpc) is 2.68. The summed E-state index contributed by atoms with van der Waals surface area (Å²) in [6.45, 7) is 7.97. The van der Waals surface area contributed by atoms with Crippen molar-refractivity contribution < 1.29 is 9.53 Å². The van der Waals surface area contributed by atoms with Crippen molar-refractivity contribution in [2.75, 3.05) is 18.0 Å². The first kappa shape index (κ1) is 19.9. The monoisotopic (exact) mass is 384 g/mol. The van der Waals surface area contributed by atoms with E-state index >= 15 is 0 Å². The molecule has 0 spiro atoms. The van der Waals surface area contributed by atoms with Crippen LogP contribution in [0.1, 0.15) is 44.0 Å². The molecule has 0 radical (unpaired) electrons. The number of nitrogens with one attached hydrogen (secondary N) is 1. The van der Waals surface area contributed by atoms with Crippen molar-refractivity contribution in [3.8, 4) is 5.75 Å². The number of rotatable bonds is 6. The number of benzene rings is 1. The molecule has 150 valence electrons. The summed E-state index contributed by atoms with van der Waals surface area (Å²) >= 11 is 0. The Hall–Kier alpha value is -2.83. The van der Waals surface area contributed by atoms with Gasteiger partial charge in [-0.1, -0.05) is 0 Å². The first-order valence-electron chi connectivity index (χ1n) is 9.86. The van der Waals surface area contributed by atoms with Gasteiger partial charge in [0.2, 0.25) is 0 Å². The number of carbonyl (C=O) groups excluding carboxylic acids is 1. The van der Waals surface area contributed by atoms with Crippen molar-refractivity contribution in [3.05, 3.63) is 52.4 Å². The Labute approximate surface area is 165 Å². The molecule has 0 aliphatic carbocycles. The molecule has 1 N–H and O–H groups in total. The van der Waals surface area contributed by atoms with Crippen LogP contribution >= 0.6 is 0 Å². The van der Waals surface area contributed by atoms with E-state index in [0.717, 1.165) is 37.4 Å². The summed E-state index contributed by atoms with van der Waals surface area (Å²) in [4.78, 5) is 26.6. The molecular weight excluding hydrogens is 356 g/mol. The molecule has 0 unspecified atom stereocenters. The minimum atomic E-state index is -0.0830. The highest BCUT2D eigenvalue weighted by molar-refractivity contribution is 5.94. The normalized spacial score (nSPS) is 14.9. The molecular formula is C21H28N4O3. The zero-order chi connectivity index (χ0) is 20.1. The molecule has 1 aromatic heterocycles. The van der Waals surface area contributed by atoms with Gasteiger partial charge in [-0.3, -0.25) is 9.59 Å². The summed E-state index contributed by atoms with van der Waals surface area (Å²) in [6, 6.07) is 8.98. The second-order valence-electron chi connectivity index (χ2n) is 7.29. The van der Waals surface area contributed by atoms with Crippen molar-refractivity contribution in [2.45, 2.75) is 52.3 Å². The van der Waals surface area contributed by atoms with Crippen LogP contribution < -0.4 is 20.5 Å². The number of hydrogen-bond donors (Lipinski definition) is 1. The summed E-state index contributed by atoms with van der Waals surface area (Å²) in [6.07, 6.45) is 3.51. The van der Waals surface area contributed by atoms with Gasteiger partial charge in [0.25, 0.3) is 11.5 Å². The van der Waals surface area contributed by atoms with Crippen molar-refractivity contribution in [3.63, 3.8) is 0 Å². The highest BCUT2D eigenvalue weighted by Crippen LogP contribution is 2.19. The molecule has 1 fully saturated rings. The standard InChI is InChI=1S/C21H28N4O3/c1-4-25-20(26)13-18(14-22-25)24-11-9-17(10-12-24)23-21(27)16-5-7-19(8-6-16)28-15(2)3/h5-8,13-15,17H,4,9-12H2,1-3H3,(H,23,27). The van der Waals surface area contributed by atoms with Gasteiger partial charge in [-0.15, -0.1) is 0 Å². The molecule has 1 saturated heterocycles. The number of aromatic nitrogens is 2. The van der Waals surface area contributed by atoms with E-state index in [4.69, 9.17) is 4.74 Å². The highest BCUT2D eigenvalue weighted by atomic mass is 16.5. The maximum atomic E-state index is 12.5. The minimum absolute atomic E-state index is 0.0678. The molecule has 0 atom stereocenters. The van der Waals surface area contributed by atoms with Gasteiger partial charge < -0.3 is 15.0 Å². The summed E-state index contributed by atoms with van der Waals surface area (Å²) in [5, 5.41) is 7.30. The molecule has 1 aliphatic rings. The number of anilines is 1. The van der Waals surface area contributed by atoms with Crippen LogP contribution in [0, 0.1) is 0 Å². The number of hydrogen-bond acceptors (Lipinski definition) is 5. The van der Waals surface area contributed by atoms with E-state index in [1.54, 1.807) is 24.4 Å². The number of amides is 1. The third-order valence-corrected chi connectivity index (χ3v) is 4.84. The van der Waals surface area contributed by atoms with Gasteiger partial charge in [0.15, 0.2) is 0 Å². The van der Waals surface area contributed by atoms with E-state index in [2.05, 4.69) is 15.3 Å². The Kier molecular flexibility index (Phi) is 6.34. The van der Waals surface area contributed by atoms with Crippen LogP contribution in [-0.4, -0.2) is 40.9 Å². The molecule has 28 heavy (non-hydrogen) atoms. The fourth-order valence-corrected chi connectivity index (χ4v) is 3.34. The van der Waals surface area contributed by atoms with E-state index in [1.165, 1.54) is 4.68 Å². The van der Waals surface area contributed by atoms with Gasteiger partial charge in [0.1, 0.15) is 5.75 Å². The first-order chi connectivity index (χ1) is 13.5. The molecule has 0 bridgehead atoms. The summed E-state index contributed by atoms with van der Waals surface area (Å²) < 4.78 is 7.05. The van der Waals surface area contributed by atoms with E-state index < -0.39 is 0 Å². The van der Waals surface area contributed by atoms with E-state index in [-0.39, 0.29) is 23.6 Å². The fourth-order valence-electron chi connectivity index (χ4n) is 3.34. The number of ether oxygens (including phenoxy) is 1. The van der Waals surface area contributed by atoms with Crippen LogP contribution in [0.15, 0.2) is 41.3 Å². The Balaban J connectivity index is 1.53. The largest absolute Gasteiger partial charge is 0.491 e. The van der Waals surface area contributed by atoms with Crippen molar-refractivity contribution >= 4 is 11.6 Å². The Bertz CT molecular complexity index is 853. The van der Waals surface area contributed by atoms with Crippen LogP contribution in [0.5, 0.6) is 5.75 Å². The fraction of sp³-hybridized carbons (Fsp3) is 0.476. The number of piperidine rings is 1. The van der Waals surface area contributed by atoms with Crippen LogP contribution in [-0.2, 0) is 6.54 Å². The molecule has 1 aliphatic heterocycles. The zero-order valence-corrected chi connectivity index (χ0v) is 16.7. The topological polar surface area (TPSA) is 76.5 Å². The lowest BCUT2D eigenvalue weighted by Gasteiger charge is -2.33. The summed E-state index contributed by atoms with van der Waals surface area (Å²) in [5.41, 5.74) is 1.39. The number of nitrogens with zero attached hydrogens (tertiary/aromatic N) is 3.